The smallest absolute Gasteiger partial charge is 0.256 e. The fraction of sp³-hybridized carbons (Fsp3) is 0.579. The maximum Gasteiger partial charge on any atom is 0.256 e. The molecule has 0 radical (unpaired) electrons. The highest BCUT2D eigenvalue weighted by atomic mass is 19.1. The Morgan fingerprint density at radius 1 is 1.25 bits per heavy atom. The summed E-state index contributed by atoms with van der Waals surface area (Å²) in [6.45, 7) is 0.800. The Labute approximate surface area is 162 Å². The first kappa shape index (κ1) is 18.9. The van der Waals surface area contributed by atoms with Gasteiger partial charge in [-0.1, -0.05) is 12.8 Å². The molecule has 2 fully saturated rings. The van der Waals surface area contributed by atoms with E-state index >= 15 is 0 Å². The molecule has 7 nitrogen and oxygen atoms in total. The van der Waals surface area contributed by atoms with Crippen LogP contribution in [0.1, 0.15) is 54.3 Å². The van der Waals surface area contributed by atoms with Gasteiger partial charge in [-0.05, 0) is 55.9 Å². The predicted octanol–water partition coefficient (Wildman–Crippen LogP) is 2.37. The van der Waals surface area contributed by atoms with Crippen LogP contribution in [0.5, 0.6) is 0 Å². The van der Waals surface area contributed by atoms with Crippen molar-refractivity contribution in [1.82, 2.24) is 30.0 Å². The second-order valence-corrected chi connectivity index (χ2v) is 7.91. The first-order valence-electron chi connectivity index (χ1n) is 9.62. The Bertz CT molecular complexity index is 879. The average molecular weight is 390 g/mol. The number of amides is 1. The summed E-state index contributed by atoms with van der Waals surface area (Å²) < 4.78 is 29.2. The van der Waals surface area contributed by atoms with Gasteiger partial charge in [0.15, 0.2) is 5.82 Å². The minimum atomic E-state index is -0.844. The van der Waals surface area contributed by atoms with Gasteiger partial charge in [0, 0.05) is 19.2 Å². The van der Waals surface area contributed by atoms with Gasteiger partial charge in [0.25, 0.3) is 5.91 Å². The molecular weight excluding hydrogens is 366 g/mol. The number of nitrogens with zero attached hydrogens (tertiary/aromatic N) is 6. The molecule has 28 heavy (non-hydrogen) atoms. The number of carbonyl (C=O) groups excluding carboxylic acids is 1. The zero-order chi connectivity index (χ0) is 19.9. The van der Waals surface area contributed by atoms with Crippen molar-refractivity contribution in [3.63, 3.8) is 0 Å². The number of carbonyl (C=O) groups is 1. The molecule has 1 aliphatic carbocycles. The van der Waals surface area contributed by atoms with E-state index in [2.05, 4.69) is 15.5 Å². The second kappa shape index (κ2) is 7.20. The normalized spacial score (nSPS) is 23.1. The summed E-state index contributed by atoms with van der Waals surface area (Å²) in [7, 11) is 3.89. The van der Waals surface area contributed by atoms with E-state index in [0.717, 1.165) is 43.6 Å². The van der Waals surface area contributed by atoms with Crippen LogP contribution in [0.25, 0.3) is 0 Å². The SMILES string of the molecule is CN(C)[C@@]1(c2nnnn2C2CCCC2)CCN(C(=O)c2ccc(F)cc2F)C1. The number of benzene rings is 1. The molecule has 1 saturated carbocycles. The van der Waals surface area contributed by atoms with Gasteiger partial charge in [-0.2, -0.15) is 0 Å². The highest BCUT2D eigenvalue weighted by Gasteiger charge is 2.48. The van der Waals surface area contributed by atoms with E-state index in [1.807, 2.05) is 23.7 Å². The standard InChI is InChI=1S/C19H24F2N6O/c1-25(2)19(18-22-23-24-27(18)14-5-3-4-6-14)9-10-26(12-19)17(28)15-8-7-13(20)11-16(15)21/h7-8,11,14H,3-6,9-10,12H2,1-2H3/t19-/m0/s1. The molecule has 0 spiro atoms. The highest BCUT2D eigenvalue weighted by Crippen LogP contribution is 2.39. The van der Waals surface area contributed by atoms with Crippen molar-refractivity contribution in [2.24, 2.45) is 0 Å². The summed E-state index contributed by atoms with van der Waals surface area (Å²) in [5.41, 5.74) is -0.663. The largest absolute Gasteiger partial charge is 0.336 e. The van der Waals surface area contributed by atoms with Crippen LogP contribution in [-0.2, 0) is 5.54 Å². The van der Waals surface area contributed by atoms with E-state index in [1.165, 1.54) is 6.07 Å². The van der Waals surface area contributed by atoms with Crippen molar-refractivity contribution in [2.45, 2.75) is 43.7 Å². The predicted molar refractivity (Wildman–Crippen MR) is 97.6 cm³/mol. The fourth-order valence-electron chi connectivity index (χ4n) is 4.44. The molecule has 0 N–H and O–H groups in total. The summed E-state index contributed by atoms with van der Waals surface area (Å²) in [6, 6.07) is 3.32. The maximum absolute atomic E-state index is 14.1. The molecule has 2 aromatic rings. The molecule has 0 bridgehead atoms. The number of tetrazole rings is 1. The third kappa shape index (κ3) is 3.07. The fourth-order valence-corrected chi connectivity index (χ4v) is 4.44. The summed E-state index contributed by atoms with van der Waals surface area (Å²) in [4.78, 5) is 16.5. The van der Waals surface area contributed by atoms with Crippen LogP contribution >= 0.6 is 0 Å². The van der Waals surface area contributed by atoms with E-state index in [9.17, 15) is 13.6 Å². The first-order valence-corrected chi connectivity index (χ1v) is 9.62. The number of hydrogen-bond acceptors (Lipinski definition) is 5. The van der Waals surface area contributed by atoms with Gasteiger partial charge >= 0.3 is 0 Å². The van der Waals surface area contributed by atoms with Crippen molar-refractivity contribution in [3.05, 3.63) is 41.2 Å². The lowest BCUT2D eigenvalue weighted by Gasteiger charge is -2.35. The third-order valence-electron chi connectivity index (χ3n) is 6.13. The van der Waals surface area contributed by atoms with Crippen LogP contribution in [0, 0.1) is 11.6 Å². The summed E-state index contributed by atoms with van der Waals surface area (Å²) in [6.07, 6.45) is 5.05. The van der Waals surface area contributed by atoms with Crippen molar-refractivity contribution < 1.29 is 13.6 Å². The van der Waals surface area contributed by atoms with Gasteiger partial charge in [0.2, 0.25) is 0 Å². The molecule has 4 rings (SSSR count). The lowest BCUT2D eigenvalue weighted by atomic mass is 9.95. The number of halogens is 2. The van der Waals surface area contributed by atoms with Crippen molar-refractivity contribution in [1.29, 1.82) is 0 Å². The second-order valence-electron chi connectivity index (χ2n) is 7.91. The molecule has 1 amide bonds. The summed E-state index contributed by atoms with van der Waals surface area (Å²) >= 11 is 0. The monoisotopic (exact) mass is 390 g/mol. The van der Waals surface area contributed by atoms with Crippen molar-refractivity contribution in [2.75, 3.05) is 27.2 Å². The zero-order valence-electron chi connectivity index (χ0n) is 16.1. The molecule has 2 heterocycles. The number of rotatable bonds is 4. The van der Waals surface area contributed by atoms with Gasteiger partial charge in [-0.3, -0.25) is 9.69 Å². The average Bonchev–Trinajstić information content (AvgIpc) is 3.40. The third-order valence-corrected chi connectivity index (χ3v) is 6.13. The van der Waals surface area contributed by atoms with E-state index in [0.29, 0.717) is 19.5 Å². The van der Waals surface area contributed by atoms with Gasteiger partial charge in [-0.25, -0.2) is 13.5 Å². The van der Waals surface area contributed by atoms with Crippen molar-refractivity contribution >= 4 is 5.91 Å². The summed E-state index contributed by atoms with van der Waals surface area (Å²) in [5, 5.41) is 12.5. The highest BCUT2D eigenvalue weighted by molar-refractivity contribution is 5.94. The molecule has 1 atom stereocenters. The molecule has 0 unspecified atom stereocenters. The van der Waals surface area contributed by atoms with E-state index in [-0.39, 0.29) is 11.6 Å². The van der Waals surface area contributed by atoms with Crippen LogP contribution in [-0.4, -0.2) is 63.1 Å². The minimum Gasteiger partial charge on any atom is -0.336 e. The molecule has 9 heteroatoms. The molecular formula is C19H24F2N6O. The number of aromatic nitrogens is 4. The topological polar surface area (TPSA) is 67.2 Å². The Kier molecular flexibility index (Phi) is 4.86. The number of likely N-dealkylation sites (N-methyl/N-ethyl adjacent to an activating group) is 1. The number of likely N-dealkylation sites (tertiary alicyclic amines) is 1. The van der Waals surface area contributed by atoms with E-state index in [1.54, 1.807) is 4.90 Å². The molecule has 2 aliphatic rings. The quantitative estimate of drug-likeness (QED) is 0.802. The zero-order valence-corrected chi connectivity index (χ0v) is 16.1. The Hall–Kier alpha value is -2.42. The Balaban J connectivity index is 1.64. The van der Waals surface area contributed by atoms with Gasteiger partial charge in [0.1, 0.15) is 17.2 Å². The molecule has 1 aromatic heterocycles. The minimum absolute atomic E-state index is 0.119. The summed E-state index contributed by atoms with van der Waals surface area (Å²) in [5.74, 6) is -1.24. The Morgan fingerprint density at radius 2 is 2.00 bits per heavy atom. The van der Waals surface area contributed by atoms with Gasteiger partial charge < -0.3 is 4.90 Å². The van der Waals surface area contributed by atoms with Crippen LogP contribution < -0.4 is 0 Å². The lowest BCUT2D eigenvalue weighted by molar-refractivity contribution is 0.0733. The molecule has 1 saturated heterocycles. The first-order chi connectivity index (χ1) is 13.4. The van der Waals surface area contributed by atoms with Crippen LogP contribution in [0.3, 0.4) is 0 Å². The lowest BCUT2D eigenvalue weighted by Crippen LogP contribution is -2.47. The van der Waals surface area contributed by atoms with Crippen LogP contribution in [0.4, 0.5) is 8.78 Å². The number of hydrogen-bond donors (Lipinski definition) is 0. The Morgan fingerprint density at radius 3 is 2.68 bits per heavy atom. The van der Waals surface area contributed by atoms with Crippen LogP contribution in [0.2, 0.25) is 0 Å². The van der Waals surface area contributed by atoms with Crippen molar-refractivity contribution in [3.8, 4) is 0 Å². The van der Waals surface area contributed by atoms with Crippen LogP contribution in [0.15, 0.2) is 18.2 Å². The molecule has 150 valence electrons. The maximum atomic E-state index is 14.1. The van der Waals surface area contributed by atoms with E-state index < -0.39 is 23.1 Å². The van der Waals surface area contributed by atoms with Gasteiger partial charge in [-0.15, -0.1) is 5.10 Å². The molecule has 1 aromatic carbocycles. The molecule has 1 aliphatic heterocycles. The van der Waals surface area contributed by atoms with Gasteiger partial charge in [0.05, 0.1) is 11.6 Å². The van der Waals surface area contributed by atoms with E-state index in [4.69, 9.17) is 0 Å².